The largest absolute Gasteiger partial charge is 0.519 e. The first kappa shape index (κ1) is 41.8. The average Bonchev–Trinajstić information content (AvgIpc) is 3.30. The quantitative estimate of drug-likeness (QED) is 0.0471. The zero-order valence-electron chi connectivity index (χ0n) is 32.5. The monoisotopic (exact) mass is 828 g/mol. The van der Waals surface area contributed by atoms with Crippen molar-refractivity contribution in [1.82, 2.24) is 0 Å². The van der Waals surface area contributed by atoms with Gasteiger partial charge >= 0.3 is 40.5 Å². The van der Waals surface area contributed by atoms with E-state index >= 15 is 0 Å². The maximum absolute atomic E-state index is 12.1. The van der Waals surface area contributed by atoms with Gasteiger partial charge < -0.3 is 30.4 Å². The van der Waals surface area contributed by atoms with Gasteiger partial charge in [-0.15, -0.1) is 0 Å². The van der Waals surface area contributed by atoms with Gasteiger partial charge in [-0.25, -0.2) is 4.79 Å². The Morgan fingerprint density at radius 3 is 1.21 bits per heavy atom. The van der Waals surface area contributed by atoms with Crippen LogP contribution in [-0.2, 0) is 35.2 Å². The molecule has 0 aliphatic carbocycles. The Labute approximate surface area is 340 Å². The molecule has 0 radical (unpaired) electrons. The summed E-state index contributed by atoms with van der Waals surface area (Å²) in [5.74, 6) is -0.487. The highest BCUT2D eigenvalue weighted by molar-refractivity contribution is 7.06. The number of carbonyl (C=O) groups excluding carboxylic acids is 1. The van der Waals surface area contributed by atoms with E-state index < -0.39 is 40.5 Å². The average molecular weight is 829 g/mol. The van der Waals surface area contributed by atoms with E-state index in [1.807, 2.05) is 182 Å². The van der Waals surface area contributed by atoms with Gasteiger partial charge in [-0.2, -0.15) is 0 Å². The fourth-order valence-corrected chi connectivity index (χ4v) is 25.4. The molecule has 8 nitrogen and oxygen atoms in total. The van der Waals surface area contributed by atoms with Crippen LogP contribution >= 0.6 is 0 Å². The maximum Gasteiger partial charge on any atom is 0.519 e. The maximum atomic E-state index is 12.1. The van der Waals surface area contributed by atoms with Crippen LogP contribution in [-0.4, -0.2) is 68.4 Å². The van der Waals surface area contributed by atoms with Crippen molar-refractivity contribution in [1.29, 1.82) is 0 Å². The van der Waals surface area contributed by atoms with Crippen LogP contribution in [0, 0.1) is 0 Å². The third-order valence-electron chi connectivity index (χ3n) is 9.77. The van der Waals surface area contributed by atoms with Crippen LogP contribution in [0.4, 0.5) is 0 Å². The molecule has 2 atom stereocenters. The molecular weight excluding hydrogens is 781 g/mol. The van der Waals surface area contributed by atoms with Crippen LogP contribution < -0.4 is 31.1 Å². The standard InChI is InChI=1S/C45H48O8Si4/c1-5-45(46)50-37-24-38-54(47-2,39-25-12-6-13-26-39)51-56(42-31-18-9-19-32-42,43-33-20-10-21-34-43)53-57(49-4,44-35-22-11-23-36-44)52-55(48-3,40-27-14-7-15-28-40)41-29-16-8-17-30-41/h5-23,25-36H,1,24,37-38H2,2-4H3. The van der Waals surface area contributed by atoms with Crippen molar-refractivity contribution >= 4 is 71.6 Å². The topological polar surface area (TPSA) is 81.7 Å². The molecule has 0 aliphatic rings. The Hall–Kier alpha value is -4.84. The van der Waals surface area contributed by atoms with Gasteiger partial charge in [0, 0.05) is 32.6 Å². The smallest absolute Gasteiger partial charge is 0.463 e. The summed E-state index contributed by atoms with van der Waals surface area (Å²) in [4.78, 5) is 12.1. The Balaban J connectivity index is 1.64. The van der Waals surface area contributed by atoms with Crippen molar-refractivity contribution in [2.75, 3.05) is 27.9 Å². The molecule has 0 aromatic heterocycles. The number of rotatable bonds is 20. The van der Waals surface area contributed by atoms with Gasteiger partial charge in [0.15, 0.2) is 0 Å². The van der Waals surface area contributed by atoms with Crippen LogP contribution in [0.25, 0.3) is 0 Å². The molecule has 0 saturated carbocycles. The first-order valence-electron chi connectivity index (χ1n) is 18.8. The van der Waals surface area contributed by atoms with Gasteiger partial charge in [0.05, 0.1) is 6.61 Å². The molecule has 0 heterocycles. The fraction of sp³-hybridized carbons (Fsp3) is 0.133. The molecule has 292 valence electrons. The van der Waals surface area contributed by atoms with Crippen LogP contribution in [0.1, 0.15) is 6.42 Å². The van der Waals surface area contributed by atoms with Crippen molar-refractivity contribution < 1.29 is 35.2 Å². The number of ether oxygens (including phenoxy) is 1. The van der Waals surface area contributed by atoms with Crippen molar-refractivity contribution in [3.05, 3.63) is 195 Å². The van der Waals surface area contributed by atoms with Crippen LogP contribution in [0.15, 0.2) is 195 Å². The fourth-order valence-electron chi connectivity index (χ4n) is 6.95. The van der Waals surface area contributed by atoms with Crippen LogP contribution in [0.2, 0.25) is 6.04 Å². The van der Waals surface area contributed by atoms with E-state index in [0.717, 1.165) is 37.2 Å². The van der Waals surface area contributed by atoms with Crippen molar-refractivity contribution in [3.63, 3.8) is 0 Å². The Kier molecular flexibility index (Phi) is 14.3. The molecule has 0 N–H and O–H groups in total. The molecule has 0 fully saturated rings. The second-order valence-corrected chi connectivity index (χ2v) is 25.9. The highest BCUT2D eigenvalue weighted by Gasteiger charge is 2.62. The van der Waals surface area contributed by atoms with Gasteiger partial charge in [-0.3, -0.25) is 0 Å². The van der Waals surface area contributed by atoms with E-state index in [-0.39, 0.29) is 6.61 Å². The molecule has 0 bridgehead atoms. The summed E-state index contributed by atoms with van der Waals surface area (Å²) < 4.78 is 49.4. The third kappa shape index (κ3) is 9.16. The first-order chi connectivity index (χ1) is 27.9. The number of hydrogen-bond donors (Lipinski definition) is 0. The number of hydrogen-bond acceptors (Lipinski definition) is 8. The lowest BCUT2D eigenvalue weighted by Gasteiger charge is -2.46. The molecule has 2 unspecified atom stereocenters. The zero-order valence-corrected chi connectivity index (χ0v) is 36.5. The van der Waals surface area contributed by atoms with Crippen LogP contribution in [0.5, 0.6) is 0 Å². The molecule has 0 amide bonds. The van der Waals surface area contributed by atoms with E-state index in [1.54, 1.807) is 21.3 Å². The molecule has 0 spiro atoms. The van der Waals surface area contributed by atoms with E-state index in [2.05, 4.69) is 6.58 Å². The van der Waals surface area contributed by atoms with Crippen molar-refractivity contribution in [2.45, 2.75) is 12.5 Å². The minimum absolute atomic E-state index is 0.158. The lowest BCUT2D eigenvalue weighted by Crippen LogP contribution is -2.79. The second kappa shape index (κ2) is 19.5. The van der Waals surface area contributed by atoms with E-state index in [1.165, 1.54) is 0 Å². The summed E-state index contributed by atoms with van der Waals surface area (Å²) in [6.07, 6.45) is 1.63. The van der Waals surface area contributed by atoms with Crippen LogP contribution in [0.3, 0.4) is 0 Å². The first-order valence-corrected chi connectivity index (χ1v) is 26.2. The predicted octanol–water partition coefficient (Wildman–Crippen LogP) is 4.80. The van der Waals surface area contributed by atoms with Gasteiger partial charge in [-0.1, -0.05) is 189 Å². The molecule has 6 rings (SSSR count). The molecule has 0 saturated heterocycles. The number of carbonyl (C=O) groups is 1. The Bertz CT molecular complexity index is 2060. The molecule has 0 aliphatic heterocycles. The Morgan fingerprint density at radius 2 is 0.842 bits per heavy atom. The lowest BCUT2D eigenvalue weighted by molar-refractivity contribution is -0.137. The minimum Gasteiger partial charge on any atom is -0.463 e. The summed E-state index contributed by atoms with van der Waals surface area (Å²) in [5, 5.41) is 5.07. The number of esters is 1. The SMILES string of the molecule is C=CC(=O)OCCC[Si](OC)(O[Si](O[Si](OC)(O[Si](OC)(c1ccccc1)c1ccccc1)c1ccccc1)(c1ccccc1)c1ccccc1)c1ccccc1. The Morgan fingerprint density at radius 1 is 0.474 bits per heavy atom. The summed E-state index contributed by atoms with van der Waals surface area (Å²) in [6.45, 7) is 3.71. The molecule has 6 aromatic rings. The lowest BCUT2D eigenvalue weighted by atomic mass is 10.4. The normalized spacial score (nSPS) is 13.9. The summed E-state index contributed by atoms with van der Waals surface area (Å²) >= 11 is 0. The van der Waals surface area contributed by atoms with Gasteiger partial charge in [0.2, 0.25) is 0 Å². The highest BCUT2D eigenvalue weighted by Crippen LogP contribution is 2.29. The summed E-state index contributed by atoms with van der Waals surface area (Å²) in [7, 11) is -10.4. The molecule has 6 aromatic carbocycles. The number of benzene rings is 6. The van der Waals surface area contributed by atoms with E-state index in [4.69, 9.17) is 30.4 Å². The molecule has 57 heavy (non-hydrogen) atoms. The highest BCUT2D eigenvalue weighted by atomic mass is 28.5. The minimum atomic E-state index is -4.18. The van der Waals surface area contributed by atoms with Crippen molar-refractivity contribution in [2.24, 2.45) is 0 Å². The third-order valence-corrected chi connectivity index (χ3v) is 26.1. The second-order valence-electron chi connectivity index (χ2n) is 13.1. The van der Waals surface area contributed by atoms with Gasteiger partial charge in [0.25, 0.3) is 0 Å². The van der Waals surface area contributed by atoms with E-state index in [9.17, 15) is 4.79 Å². The summed E-state index contributed by atoms with van der Waals surface area (Å²) in [6, 6.07) is 60.4. The van der Waals surface area contributed by atoms with Crippen molar-refractivity contribution in [3.8, 4) is 0 Å². The summed E-state index contributed by atoms with van der Waals surface area (Å²) in [5.41, 5.74) is 0. The van der Waals surface area contributed by atoms with Gasteiger partial charge in [-0.05, 0) is 38.4 Å². The van der Waals surface area contributed by atoms with E-state index in [0.29, 0.717) is 12.5 Å². The predicted molar refractivity (Wildman–Crippen MR) is 234 cm³/mol. The molecular formula is C45H48O8Si4. The van der Waals surface area contributed by atoms with Gasteiger partial charge in [0.1, 0.15) is 0 Å². The zero-order chi connectivity index (χ0) is 40.0. The molecule has 12 heteroatoms.